The zero-order valence-electron chi connectivity index (χ0n) is 21.1. The Kier molecular flexibility index (Phi) is 7.22. The van der Waals surface area contributed by atoms with Gasteiger partial charge in [-0.1, -0.05) is 60.1 Å². The van der Waals surface area contributed by atoms with E-state index in [2.05, 4.69) is 30.5 Å². The van der Waals surface area contributed by atoms with Crippen LogP contribution in [0.1, 0.15) is 6.42 Å². The molecule has 0 aliphatic carbocycles. The number of ether oxygens (including phenoxy) is 2. The predicted molar refractivity (Wildman–Crippen MR) is 147 cm³/mol. The van der Waals surface area contributed by atoms with E-state index in [9.17, 15) is 10.2 Å². The summed E-state index contributed by atoms with van der Waals surface area (Å²) in [6.45, 7) is 0.399. The number of fused-ring (bicyclic) bond motifs is 1. The Morgan fingerprint density at radius 2 is 1.77 bits per heavy atom. The standard InChI is InChI=1S/C27H25ClN8O4/c28-19-12-20-25(32-27(30-20)40-22-14-39-21(13-37)24(22)38)31-23(19)17-6-2-15(3-7-17)16-4-8-18(9-5-16)26-33-34-35-36(26)11-1-10-29/h2-10,12,21-22,24,29,37-38H,1,11,13-14H2,(H,30,31,32)/t21-,22-,24-/m1/s1. The largest absolute Gasteiger partial charge is 0.456 e. The number of pyridine rings is 1. The van der Waals surface area contributed by atoms with Crippen LogP contribution >= 0.6 is 11.6 Å². The van der Waals surface area contributed by atoms with Crippen molar-refractivity contribution in [2.45, 2.75) is 31.3 Å². The van der Waals surface area contributed by atoms with E-state index in [-0.39, 0.29) is 19.2 Å². The third-order valence-corrected chi connectivity index (χ3v) is 7.02. The first kappa shape index (κ1) is 26.0. The molecule has 5 aromatic rings. The molecule has 204 valence electrons. The molecule has 1 fully saturated rings. The molecular formula is C27H25ClN8O4. The highest BCUT2D eigenvalue weighted by Gasteiger charge is 2.37. The van der Waals surface area contributed by atoms with Crippen LogP contribution in [0, 0.1) is 5.41 Å². The zero-order valence-corrected chi connectivity index (χ0v) is 21.9. The van der Waals surface area contributed by atoms with Gasteiger partial charge in [-0.25, -0.2) is 9.67 Å². The second kappa shape index (κ2) is 11.1. The number of halogens is 1. The molecular weight excluding hydrogens is 536 g/mol. The summed E-state index contributed by atoms with van der Waals surface area (Å²) in [5.41, 5.74) is 5.36. The molecule has 0 radical (unpaired) electrons. The summed E-state index contributed by atoms with van der Waals surface area (Å²) >= 11 is 6.58. The zero-order chi connectivity index (χ0) is 27.6. The first-order chi connectivity index (χ1) is 19.5. The van der Waals surface area contributed by atoms with E-state index >= 15 is 0 Å². The number of benzene rings is 2. The maximum Gasteiger partial charge on any atom is 0.296 e. The van der Waals surface area contributed by atoms with E-state index in [0.717, 1.165) is 22.3 Å². The monoisotopic (exact) mass is 560 g/mol. The number of nitrogens with one attached hydrogen (secondary N) is 2. The lowest BCUT2D eigenvalue weighted by Crippen LogP contribution is -2.36. The lowest BCUT2D eigenvalue weighted by molar-refractivity contribution is -0.00390. The molecule has 0 bridgehead atoms. The fourth-order valence-corrected chi connectivity index (χ4v) is 4.86. The van der Waals surface area contributed by atoms with Crippen molar-refractivity contribution in [3.05, 3.63) is 59.6 Å². The molecule has 1 saturated heterocycles. The molecule has 12 nitrogen and oxygen atoms in total. The van der Waals surface area contributed by atoms with Gasteiger partial charge in [0.15, 0.2) is 17.6 Å². The van der Waals surface area contributed by atoms with E-state index in [1.54, 1.807) is 10.7 Å². The van der Waals surface area contributed by atoms with Crippen LogP contribution in [0.2, 0.25) is 5.02 Å². The minimum Gasteiger partial charge on any atom is -0.456 e. The van der Waals surface area contributed by atoms with E-state index < -0.39 is 18.3 Å². The quantitative estimate of drug-likeness (QED) is 0.198. The number of hydrogen-bond donors (Lipinski definition) is 4. The van der Waals surface area contributed by atoms with Gasteiger partial charge in [0.25, 0.3) is 6.01 Å². The van der Waals surface area contributed by atoms with Crippen LogP contribution in [0.25, 0.3) is 44.9 Å². The lowest BCUT2D eigenvalue weighted by Gasteiger charge is -2.15. The van der Waals surface area contributed by atoms with Crippen molar-refractivity contribution in [2.24, 2.45) is 0 Å². The van der Waals surface area contributed by atoms with Crippen molar-refractivity contribution in [3.63, 3.8) is 0 Å². The minimum absolute atomic E-state index is 0.141. The molecule has 6 rings (SSSR count). The average molecular weight is 561 g/mol. The van der Waals surface area contributed by atoms with Crippen molar-refractivity contribution in [2.75, 3.05) is 13.2 Å². The van der Waals surface area contributed by atoms with Gasteiger partial charge in [0.05, 0.1) is 36.0 Å². The van der Waals surface area contributed by atoms with Gasteiger partial charge in [-0.15, -0.1) is 5.10 Å². The first-order valence-electron chi connectivity index (χ1n) is 12.6. The van der Waals surface area contributed by atoms with Crippen molar-refractivity contribution in [1.29, 1.82) is 5.41 Å². The summed E-state index contributed by atoms with van der Waals surface area (Å²) in [6, 6.07) is 17.8. The predicted octanol–water partition coefficient (Wildman–Crippen LogP) is 3.14. The number of nitrogens with zero attached hydrogens (tertiary/aromatic N) is 6. The second-order valence-electron chi connectivity index (χ2n) is 9.31. The number of tetrazole rings is 1. The van der Waals surface area contributed by atoms with Gasteiger partial charge in [0, 0.05) is 17.5 Å². The number of H-pyrrole nitrogens is 1. The first-order valence-corrected chi connectivity index (χ1v) is 13.0. The molecule has 4 N–H and O–H groups in total. The minimum atomic E-state index is -0.963. The van der Waals surface area contributed by atoms with Crippen LogP contribution in [0.5, 0.6) is 6.01 Å². The smallest absolute Gasteiger partial charge is 0.296 e. The molecule has 0 spiro atoms. The molecule has 3 atom stereocenters. The molecule has 0 unspecified atom stereocenters. The van der Waals surface area contributed by atoms with Crippen molar-refractivity contribution < 1.29 is 19.7 Å². The fraction of sp³-hybridized carbons (Fsp3) is 0.259. The van der Waals surface area contributed by atoms with E-state index in [1.165, 1.54) is 6.21 Å². The van der Waals surface area contributed by atoms with Gasteiger partial charge in [-0.2, -0.15) is 4.98 Å². The molecule has 1 aliphatic heterocycles. The third kappa shape index (κ3) is 5.05. The fourth-order valence-electron chi connectivity index (χ4n) is 4.60. The van der Waals surface area contributed by atoms with Crippen LogP contribution in [-0.2, 0) is 11.3 Å². The maximum absolute atomic E-state index is 10.2. The van der Waals surface area contributed by atoms with Gasteiger partial charge in [-0.05, 0) is 33.8 Å². The summed E-state index contributed by atoms with van der Waals surface area (Å²) in [7, 11) is 0. The highest BCUT2D eigenvalue weighted by atomic mass is 35.5. The summed E-state index contributed by atoms with van der Waals surface area (Å²) < 4.78 is 12.8. The normalized spacial score (nSPS) is 18.8. The van der Waals surface area contributed by atoms with Crippen molar-refractivity contribution in [3.8, 4) is 39.8 Å². The molecule has 2 aromatic carbocycles. The van der Waals surface area contributed by atoms with Gasteiger partial charge in [0.1, 0.15) is 12.2 Å². The number of imidazole rings is 1. The second-order valence-corrected chi connectivity index (χ2v) is 9.71. The summed E-state index contributed by atoms with van der Waals surface area (Å²) in [5, 5.41) is 39.1. The summed E-state index contributed by atoms with van der Waals surface area (Å²) in [5.74, 6) is 0.661. The number of aliphatic hydroxyl groups excluding tert-OH is 2. The molecule has 0 amide bonds. The highest BCUT2D eigenvalue weighted by Crippen LogP contribution is 2.32. The Balaban J connectivity index is 1.19. The van der Waals surface area contributed by atoms with E-state index in [1.807, 2.05) is 48.5 Å². The van der Waals surface area contributed by atoms with Crippen LogP contribution < -0.4 is 4.74 Å². The Morgan fingerprint density at radius 3 is 2.45 bits per heavy atom. The number of aromatic amines is 1. The Hall–Kier alpha value is -4.23. The topological polar surface area (TPSA) is 168 Å². The SMILES string of the molecule is N=CCCn1nnnc1-c1ccc(-c2ccc(-c3nc4nc(O[C@@H]5CO[C@H](CO)[C@H]5O)[nH]c4cc3Cl)cc2)cc1. The summed E-state index contributed by atoms with van der Waals surface area (Å²) in [4.78, 5) is 12.1. The number of rotatable bonds is 9. The van der Waals surface area contributed by atoms with E-state index in [0.29, 0.717) is 40.7 Å². The van der Waals surface area contributed by atoms with Crippen LogP contribution in [0.4, 0.5) is 0 Å². The van der Waals surface area contributed by atoms with Gasteiger partial charge < -0.3 is 30.1 Å². The molecule has 4 heterocycles. The average Bonchev–Trinajstić information content (AvgIpc) is 3.70. The molecule has 13 heteroatoms. The highest BCUT2D eigenvalue weighted by molar-refractivity contribution is 6.33. The molecule has 0 saturated carbocycles. The molecule has 3 aromatic heterocycles. The Morgan fingerprint density at radius 1 is 1.07 bits per heavy atom. The van der Waals surface area contributed by atoms with Crippen LogP contribution in [0.15, 0.2) is 54.6 Å². The third-order valence-electron chi connectivity index (χ3n) is 6.74. The van der Waals surface area contributed by atoms with Crippen LogP contribution in [-0.4, -0.2) is 83.1 Å². The van der Waals surface area contributed by atoms with Crippen molar-refractivity contribution >= 4 is 29.0 Å². The molecule has 40 heavy (non-hydrogen) atoms. The van der Waals surface area contributed by atoms with Gasteiger partial charge in [-0.3, -0.25) is 0 Å². The Labute approximate surface area is 233 Å². The van der Waals surface area contributed by atoms with Crippen LogP contribution in [0.3, 0.4) is 0 Å². The van der Waals surface area contributed by atoms with Crippen molar-refractivity contribution in [1.82, 2.24) is 35.2 Å². The maximum atomic E-state index is 10.2. The lowest BCUT2D eigenvalue weighted by atomic mass is 10.0. The number of hydrogen-bond acceptors (Lipinski definition) is 10. The van der Waals surface area contributed by atoms with Gasteiger partial charge in [0.2, 0.25) is 0 Å². The van der Waals surface area contributed by atoms with E-state index in [4.69, 9.17) is 26.5 Å². The Bertz CT molecular complexity index is 1640. The number of aromatic nitrogens is 7. The summed E-state index contributed by atoms with van der Waals surface area (Å²) in [6.07, 6.45) is -0.397. The number of aryl methyl sites for hydroxylation is 1. The number of aliphatic hydroxyl groups is 2. The van der Waals surface area contributed by atoms with Gasteiger partial charge >= 0.3 is 0 Å². The molecule has 1 aliphatic rings.